The summed E-state index contributed by atoms with van der Waals surface area (Å²) in [6, 6.07) is 8.80. The van der Waals surface area contributed by atoms with Crippen molar-refractivity contribution in [1.29, 1.82) is 0 Å². The molecule has 0 saturated heterocycles. The van der Waals surface area contributed by atoms with Gasteiger partial charge in [-0.3, -0.25) is 18.7 Å². The van der Waals surface area contributed by atoms with Crippen molar-refractivity contribution in [2.45, 2.75) is 12.2 Å². The van der Waals surface area contributed by atoms with E-state index in [1.807, 2.05) is 0 Å². The van der Waals surface area contributed by atoms with Gasteiger partial charge in [0.1, 0.15) is 12.7 Å². The Hall–Kier alpha value is -4.22. The van der Waals surface area contributed by atoms with Gasteiger partial charge in [-0.25, -0.2) is 4.39 Å². The predicted octanol–water partition coefficient (Wildman–Crippen LogP) is 4.11. The van der Waals surface area contributed by atoms with Crippen LogP contribution in [0.5, 0.6) is 0 Å². The molecule has 5 rings (SSSR count). The fourth-order valence-corrected chi connectivity index (χ4v) is 4.14. The van der Waals surface area contributed by atoms with Crippen molar-refractivity contribution in [2.24, 2.45) is 14.1 Å². The van der Waals surface area contributed by atoms with Gasteiger partial charge in [0.25, 0.3) is 5.91 Å². The minimum atomic E-state index is -4.44. The zero-order valence-electron chi connectivity index (χ0n) is 18.6. The normalized spacial score (nSPS) is 13.0. The number of rotatable bonds is 5. The number of hydrogen-bond donors (Lipinski definition) is 1. The minimum Gasteiger partial charge on any atom is -0.341 e. The number of amides is 1. The number of aromatic nitrogens is 6. The Morgan fingerprint density at radius 2 is 1.83 bits per heavy atom. The van der Waals surface area contributed by atoms with Gasteiger partial charge in [0.05, 0.1) is 23.0 Å². The molecule has 0 fully saturated rings. The van der Waals surface area contributed by atoms with Crippen LogP contribution in [0.1, 0.15) is 27.7 Å². The Labute approximate surface area is 195 Å². The van der Waals surface area contributed by atoms with Gasteiger partial charge < -0.3 is 5.32 Å². The number of benzene rings is 2. The quantitative estimate of drug-likeness (QED) is 0.380. The molecule has 3 heterocycles. The maximum absolute atomic E-state index is 13.7. The molecule has 12 heteroatoms. The molecule has 1 atom stereocenters. The molecule has 5 aromatic rings. The van der Waals surface area contributed by atoms with Crippen LogP contribution >= 0.6 is 0 Å². The number of alkyl halides is 4. The summed E-state index contributed by atoms with van der Waals surface area (Å²) in [6.07, 6.45) is -1.29. The molecule has 8 nitrogen and oxygen atoms in total. The highest BCUT2D eigenvalue weighted by Gasteiger charge is 2.30. The summed E-state index contributed by atoms with van der Waals surface area (Å²) in [7, 11) is 3.33. The second-order valence-corrected chi connectivity index (χ2v) is 8.11. The standard InChI is InChI=1S/C23H19F4N7O/c1-32-12-17-16-9-13(22(35)29-18(10-24)20-11-28-31-33(20)2)3-8-19(16)34(21(17)30-32)15-6-4-14(5-7-15)23(25,26)27/h3-9,11-12,18H,10H2,1-2H3,(H,29,35). The van der Waals surface area contributed by atoms with Crippen molar-refractivity contribution in [3.05, 3.63) is 71.7 Å². The number of hydrogen-bond acceptors (Lipinski definition) is 4. The molecule has 2 aromatic carbocycles. The number of halogens is 4. The molecule has 0 aliphatic carbocycles. The third-order valence-electron chi connectivity index (χ3n) is 5.83. The number of carbonyl (C=O) groups excluding carboxylic acids is 1. The molecule has 35 heavy (non-hydrogen) atoms. The Morgan fingerprint density at radius 1 is 1.09 bits per heavy atom. The van der Waals surface area contributed by atoms with Crippen LogP contribution in [0.2, 0.25) is 0 Å². The van der Waals surface area contributed by atoms with E-state index < -0.39 is 30.4 Å². The molecule has 0 spiro atoms. The molecule has 0 bridgehead atoms. The van der Waals surface area contributed by atoms with Gasteiger partial charge in [-0.05, 0) is 42.5 Å². The molecule has 3 aromatic heterocycles. The summed E-state index contributed by atoms with van der Waals surface area (Å²) < 4.78 is 57.5. The number of nitrogens with zero attached hydrogens (tertiary/aromatic N) is 6. The van der Waals surface area contributed by atoms with Gasteiger partial charge in [-0.1, -0.05) is 5.21 Å². The molecule has 0 aliphatic heterocycles. The minimum absolute atomic E-state index is 0.293. The summed E-state index contributed by atoms with van der Waals surface area (Å²) >= 11 is 0. The van der Waals surface area contributed by atoms with E-state index in [-0.39, 0.29) is 0 Å². The molecule has 0 radical (unpaired) electrons. The van der Waals surface area contributed by atoms with Gasteiger partial charge >= 0.3 is 6.18 Å². The van der Waals surface area contributed by atoms with E-state index in [0.29, 0.717) is 33.5 Å². The summed E-state index contributed by atoms with van der Waals surface area (Å²) in [5.74, 6) is -0.491. The fraction of sp³-hybridized carbons (Fsp3) is 0.217. The van der Waals surface area contributed by atoms with E-state index in [9.17, 15) is 22.4 Å². The summed E-state index contributed by atoms with van der Waals surface area (Å²) in [4.78, 5) is 13.0. The Morgan fingerprint density at radius 3 is 2.46 bits per heavy atom. The molecule has 1 N–H and O–H groups in total. The number of fused-ring (bicyclic) bond motifs is 3. The Balaban J connectivity index is 1.56. The van der Waals surface area contributed by atoms with Crippen LogP contribution < -0.4 is 5.32 Å². The summed E-state index contributed by atoms with van der Waals surface area (Å²) in [5, 5.41) is 16.0. The van der Waals surface area contributed by atoms with Gasteiger partial charge in [-0.2, -0.15) is 18.3 Å². The number of carbonyl (C=O) groups is 1. The van der Waals surface area contributed by atoms with Crippen LogP contribution in [-0.2, 0) is 20.3 Å². The maximum atomic E-state index is 13.7. The van der Waals surface area contributed by atoms with Gasteiger partial charge in [0.2, 0.25) is 0 Å². The second-order valence-electron chi connectivity index (χ2n) is 8.11. The van der Waals surface area contributed by atoms with Gasteiger partial charge in [0.15, 0.2) is 5.65 Å². The zero-order valence-corrected chi connectivity index (χ0v) is 18.6. The molecule has 0 aliphatic rings. The first-order valence-electron chi connectivity index (χ1n) is 10.5. The largest absolute Gasteiger partial charge is 0.416 e. The average Bonchev–Trinajstić information content (AvgIpc) is 3.49. The molecular formula is C23H19F4N7O. The highest BCUT2D eigenvalue weighted by atomic mass is 19.4. The van der Waals surface area contributed by atoms with E-state index in [0.717, 1.165) is 17.5 Å². The van der Waals surface area contributed by atoms with Crippen LogP contribution in [0.4, 0.5) is 17.6 Å². The van der Waals surface area contributed by atoms with Gasteiger partial charge in [0, 0.05) is 42.3 Å². The first-order chi connectivity index (χ1) is 16.7. The zero-order chi connectivity index (χ0) is 24.9. The SMILES string of the molecule is Cn1cc2c3cc(C(=O)NC(CF)c4cnnn4C)ccc3n(-c3ccc(C(F)(F)F)cc3)c2n1. The van der Waals surface area contributed by atoms with E-state index in [4.69, 9.17) is 0 Å². The monoisotopic (exact) mass is 485 g/mol. The Bertz CT molecular complexity index is 1550. The fourth-order valence-electron chi connectivity index (χ4n) is 4.14. The summed E-state index contributed by atoms with van der Waals surface area (Å²) in [6.45, 7) is -0.841. The molecule has 180 valence electrons. The summed E-state index contributed by atoms with van der Waals surface area (Å²) in [5.41, 5.74) is 1.65. The van der Waals surface area contributed by atoms with Crippen molar-refractivity contribution in [2.75, 3.05) is 6.67 Å². The van der Waals surface area contributed by atoms with Crippen molar-refractivity contribution in [3.63, 3.8) is 0 Å². The van der Waals surface area contributed by atoms with Crippen molar-refractivity contribution in [3.8, 4) is 5.69 Å². The molecule has 1 unspecified atom stereocenters. The maximum Gasteiger partial charge on any atom is 0.416 e. The smallest absolute Gasteiger partial charge is 0.341 e. The molecule has 1 amide bonds. The van der Waals surface area contributed by atoms with Crippen molar-refractivity contribution >= 4 is 27.8 Å². The topological polar surface area (TPSA) is 82.6 Å². The first-order valence-corrected chi connectivity index (χ1v) is 10.5. The van der Waals surface area contributed by atoms with Crippen LogP contribution in [0.3, 0.4) is 0 Å². The first kappa shape index (κ1) is 22.6. The molecular weight excluding hydrogens is 466 g/mol. The number of aryl methyl sites for hydroxylation is 2. The van der Waals surface area contributed by atoms with Crippen molar-refractivity contribution in [1.82, 2.24) is 34.7 Å². The van der Waals surface area contributed by atoms with Crippen LogP contribution in [0.15, 0.2) is 54.9 Å². The lowest BCUT2D eigenvalue weighted by Crippen LogP contribution is -2.31. The highest BCUT2D eigenvalue weighted by Crippen LogP contribution is 2.34. The third kappa shape index (κ3) is 3.90. The van der Waals surface area contributed by atoms with E-state index in [1.165, 1.54) is 23.0 Å². The second kappa shape index (κ2) is 8.22. The Kier molecular flexibility index (Phi) is 5.30. The average molecular weight is 485 g/mol. The number of nitrogens with one attached hydrogen (secondary N) is 1. The van der Waals surface area contributed by atoms with Crippen LogP contribution in [0, 0.1) is 0 Å². The van der Waals surface area contributed by atoms with Crippen LogP contribution in [0.25, 0.3) is 27.6 Å². The highest BCUT2D eigenvalue weighted by molar-refractivity contribution is 6.10. The van der Waals surface area contributed by atoms with E-state index in [2.05, 4.69) is 20.7 Å². The van der Waals surface area contributed by atoms with E-state index >= 15 is 0 Å². The lowest BCUT2D eigenvalue weighted by Gasteiger charge is -2.15. The predicted molar refractivity (Wildman–Crippen MR) is 120 cm³/mol. The van der Waals surface area contributed by atoms with E-state index in [1.54, 1.807) is 47.7 Å². The lowest BCUT2D eigenvalue weighted by molar-refractivity contribution is -0.137. The molecule has 0 saturated carbocycles. The van der Waals surface area contributed by atoms with Gasteiger partial charge in [-0.15, -0.1) is 5.10 Å². The third-order valence-corrected chi connectivity index (χ3v) is 5.83. The lowest BCUT2D eigenvalue weighted by atomic mass is 10.1. The van der Waals surface area contributed by atoms with Crippen LogP contribution in [-0.4, -0.2) is 41.9 Å². The van der Waals surface area contributed by atoms with Crippen molar-refractivity contribution < 1.29 is 22.4 Å².